The SMILES string of the molecule is CC(C)CN(CC(C)C)c1ccc(C(C)CC(=O)O)cc1Nc1nc2ccccc2n1C. The van der Waals surface area contributed by atoms with Crippen molar-refractivity contribution in [2.45, 2.75) is 47.0 Å². The highest BCUT2D eigenvalue weighted by molar-refractivity contribution is 5.82. The molecule has 0 saturated carbocycles. The average molecular weight is 437 g/mol. The summed E-state index contributed by atoms with van der Waals surface area (Å²) in [6, 6.07) is 14.4. The van der Waals surface area contributed by atoms with Gasteiger partial charge in [0.1, 0.15) is 0 Å². The van der Waals surface area contributed by atoms with Gasteiger partial charge in [-0.2, -0.15) is 0 Å². The van der Waals surface area contributed by atoms with Crippen molar-refractivity contribution in [3.05, 3.63) is 48.0 Å². The number of anilines is 3. The van der Waals surface area contributed by atoms with Crippen LogP contribution in [0.15, 0.2) is 42.5 Å². The molecular weight excluding hydrogens is 400 g/mol. The summed E-state index contributed by atoms with van der Waals surface area (Å²) in [7, 11) is 2.01. The van der Waals surface area contributed by atoms with E-state index in [0.29, 0.717) is 11.8 Å². The molecule has 0 saturated heterocycles. The Hall–Kier alpha value is -3.02. The number of hydrogen-bond donors (Lipinski definition) is 2. The van der Waals surface area contributed by atoms with Crippen LogP contribution in [0.2, 0.25) is 0 Å². The Balaban J connectivity index is 2.07. The van der Waals surface area contributed by atoms with Gasteiger partial charge >= 0.3 is 5.97 Å². The van der Waals surface area contributed by atoms with Crippen molar-refractivity contribution in [3.63, 3.8) is 0 Å². The molecule has 1 heterocycles. The molecule has 2 aromatic carbocycles. The van der Waals surface area contributed by atoms with E-state index in [4.69, 9.17) is 4.98 Å². The zero-order valence-electron chi connectivity index (χ0n) is 20.1. The quantitative estimate of drug-likeness (QED) is 0.407. The molecule has 0 aliphatic rings. The summed E-state index contributed by atoms with van der Waals surface area (Å²) >= 11 is 0. The first-order valence-corrected chi connectivity index (χ1v) is 11.4. The lowest BCUT2D eigenvalue weighted by atomic mass is 9.96. The van der Waals surface area contributed by atoms with Crippen LogP contribution in [0.25, 0.3) is 11.0 Å². The lowest BCUT2D eigenvalue weighted by Gasteiger charge is -2.31. The summed E-state index contributed by atoms with van der Waals surface area (Å²) in [6.07, 6.45) is 0.104. The first-order chi connectivity index (χ1) is 15.2. The lowest BCUT2D eigenvalue weighted by Crippen LogP contribution is -2.32. The van der Waals surface area contributed by atoms with Gasteiger partial charge in [-0.05, 0) is 47.6 Å². The minimum Gasteiger partial charge on any atom is -0.481 e. The number of fused-ring (bicyclic) bond motifs is 1. The minimum atomic E-state index is -0.785. The van der Waals surface area contributed by atoms with E-state index in [2.05, 4.69) is 66.7 Å². The third-order valence-corrected chi connectivity index (χ3v) is 5.62. The Morgan fingerprint density at radius 1 is 1.06 bits per heavy atom. The molecule has 1 atom stereocenters. The monoisotopic (exact) mass is 436 g/mol. The third kappa shape index (κ3) is 5.61. The van der Waals surface area contributed by atoms with Gasteiger partial charge in [0.25, 0.3) is 0 Å². The van der Waals surface area contributed by atoms with Crippen molar-refractivity contribution in [3.8, 4) is 0 Å². The fourth-order valence-corrected chi connectivity index (χ4v) is 4.15. The van der Waals surface area contributed by atoms with Crippen LogP contribution in [0.1, 0.15) is 52.5 Å². The molecule has 6 nitrogen and oxygen atoms in total. The van der Waals surface area contributed by atoms with Crippen molar-refractivity contribution >= 4 is 34.3 Å². The molecule has 0 spiro atoms. The van der Waals surface area contributed by atoms with Crippen LogP contribution >= 0.6 is 0 Å². The van der Waals surface area contributed by atoms with E-state index in [0.717, 1.165) is 47.0 Å². The number of nitrogens with zero attached hydrogens (tertiary/aromatic N) is 3. The number of carbonyl (C=O) groups is 1. The van der Waals surface area contributed by atoms with E-state index in [1.807, 2.05) is 32.2 Å². The van der Waals surface area contributed by atoms with E-state index in [9.17, 15) is 9.90 Å². The van der Waals surface area contributed by atoms with E-state index in [1.54, 1.807) is 0 Å². The molecule has 0 aliphatic carbocycles. The van der Waals surface area contributed by atoms with Crippen LogP contribution in [0.3, 0.4) is 0 Å². The van der Waals surface area contributed by atoms with E-state index >= 15 is 0 Å². The smallest absolute Gasteiger partial charge is 0.303 e. The number of rotatable bonds is 10. The number of nitrogens with one attached hydrogen (secondary N) is 1. The number of benzene rings is 2. The molecular formula is C26H36N4O2. The van der Waals surface area contributed by atoms with Gasteiger partial charge in [-0.3, -0.25) is 4.79 Å². The van der Waals surface area contributed by atoms with Crippen LogP contribution in [0.4, 0.5) is 17.3 Å². The van der Waals surface area contributed by atoms with Crippen molar-refractivity contribution in [2.75, 3.05) is 23.3 Å². The van der Waals surface area contributed by atoms with Crippen molar-refractivity contribution in [1.29, 1.82) is 0 Å². The maximum absolute atomic E-state index is 11.3. The molecule has 0 bridgehead atoms. The number of carboxylic acid groups (broad SMARTS) is 1. The van der Waals surface area contributed by atoms with Gasteiger partial charge in [0.05, 0.1) is 28.8 Å². The topological polar surface area (TPSA) is 70.4 Å². The predicted octanol–water partition coefficient (Wildman–Crippen LogP) is 6.01. The number of hydrogen-bond acceptors (Lipinski definition) is 4. The summed E-state index contributed by atoms with van der Waals surface area (Å²) in [5.74, 6) is 0.939. The molecule has 0 radical (unpaired) electrons. The van der Waals surface area contributed by atoms with E-state index < -0.39 is 5.97 Å². The Morgan fingerprint density at radius 3 is 2.31 bits per heavy atom. The van der Waals surface area contributed by atoms with Gasteiger partial charge in [-0.15, -0.1) is 0 Å². The first-order valence-electron chi connectivity index (χ1n) is 11.4. The molecule has 3 aromatic rings. The molecule has 2 N–H and O–H groups in total. The first kappa shape index (κ1) is 23.6. The average Bonchev–Trinajstić information content (AvgIpc) is 3.02. The lowest BCUT2D eigenvalue weighted by molar-refractivity contribution is -0.137. The summed E-state index contributed by atoms with van der Waals surface area (Å²) in [6.45, 7) is 12.8. The molecule has 3 rings (SSSR count). The Labute approximate surface area is 191 Å². The van der Waals surface area contributed by atoms with Gasteiger partial charge < -0.3 is 19.9 Å². The normalized spacial score (nSPS) is 12.5. The standard InChI is InChI=1S/C26H36N4O2/c1-17(2)15-30(16-18(3)4)24-12-11-20(19(5)13-25(31)32)14-22(24)28-26-27-21-9-7-8-10-23(21)29(26)6/h7-12,14,17-19H,13,15-16H2,1-6H3,(H,27,28)(H,31,32). The summed E-state index contributed by atoms with van der Waals surface area (Å²) in [5, 5.41) is 12.8. The van der Waals surface area contributed by atoms with Crippen LogP contribution in [0, 0.1) is 11.8 Å². The van der Waals surface area contributed by atoms with Gasteiger partial charge in [-0.25, -0.2) is 4.98 Å². The molecule has 1 unspecified atom stereocenters. The highest BCUT2D eigenvalue weighted by Crippen LogP contribution is 2.34. The zero-order chi connectivity index (χ0) is 23.4. The Kier molecular flexibility index (Phi) is 7.44. The molecule has 0 aliphatic heterocycles. The van der Waals surface area contributed by atoms with Crippen LogP contribution in [-0.2, 0) is 11.8 Å². The second-order valence-corrected chi connectivity index (χ2v) is 9.58. The fourth-order valence-electron chi connectivity index (χ4n) is 4.15. The number of para-hydroxylation sites is 2. The molecule has 0 fully saturated rings. The highest BCUT2D eigenvalue weighted by atomic mass is 16.4. The highest BCUT2D eigenvalue weighted by Gasteiger charge is 2.19. The predicted molar refractivity (Wildman–Crippen MR) is 133 cm³/mol. The number of aliphatic carboxylic acids is 1. The number of imidazole rings is 1. The van der Waals surface area contributed by atoms with Crippen molar-refractivity contribution < 1.29 is 9.90 Å². The van der Waals surface area contributed by atoms with Gasteiger partial charge in [0.15, 0.2) is 0 Å². The minimum absolute atomic E-state index is 0.0776. The molecule has 6 heteroatoms. The number of aryl methyl sites for hydroxylation is 1. The summed E-state index contributed by atoms with van der Waals surface area (Å²) in [5.41, 5.74) is 5.08. The fraction of sp³-hybridized carbons (Fsp3) is 0.462. The molecule has 1 aromatic heterocycles. The summed E-state index contributed by atoms with van der Waals surface area (Å²) < 4.78 is 2.06. The second-order valence-electron chi connectivity index (χ2n) is 9.58. The van der Waals surface area contributed by atoms with Crippen molar-refractivity contribution in [2.24, 2.45) is 18.9 Å². The van der Waals surface area contributed by atoms with E-state index in [-0.39, 0.29) is 12.3 Å². The maximum Gasteiger partial charge on any atom is 0.303 e. The number of aromatic nitrogens is 2. The molecule has 172 valence electrons. The van der Waals surface area contributed by atoms with Gasteiger partial charge in [-0.1, -0.05) is 52.8 Å². The van der Waals surface area contributed by atoms with Crippen LogP contribution < -0.4 is 10.2 Å². The van der Waals surface area contributed by atoms with E-state index in [1.165, 1.54) is 0 Å². The van der Waals surface area contributed by atoms with Crippen LogP contribution in [-0.4, -0.2) is 33.7 Å². The Morgan fingerprint density at radius 2 is 1.72 bits per heavy atom. The van der Waals surface area contributed by atoms with Gasteiger partial charge in [0, 0.05) is 20.1 Å². The van der Waals surface area contributed by atoms with Crippen molar-refractivity contribution in [1.82, 2.24) is 9.55 Å². The number of carboxylic acids is 1. The third-order valence-electron chi connectivity index (χ3n) is 5.62. The molecule has 0 amide bonds. The van der Waals surface area contributed by atoms with Gasteiger partial charge in [0.2, 0.25) is 5.95 Å². The largest absolute Gasteiger partial charge is 0.481 e. The Bertz CT molecular complexity index is 1060. The second kappa shape index (κ2) is 10.1. The zero-order valence-corrected chi connectivity index (χ0v) is 20.1. The molecule has 32 heavy (non-hydrogen) atoms. The maximum atomic E-state index is 11.3. The summed E-state index contributed by atoms with van der Waals surface area (Å²) in [4.78, 5) is 18.5. The van der Waals surface area contributed by atoms with Crippen LogP contribution in [0.5, 0.6) is 0 Å².